The third-order valence-corrected chi connectivity index (χ3v) is 3.98. The molecule has 3 N–H and O–H groups in total. The van der Waals surface area contributed by atoms with Crippen LogP contribution in [0.15, 0.2) is 84.6 Å². The van der Waals surface area contributed by atoms with Gasteiger partial charge in [-0.25, -0.2) is 0 Å². The summed E-state index contributed by atoms with van der Waals surface area (Å²) in [5.74, 6) is 0.177. The fourth-order valence-electron chi connectivity index (χ4n) is 2.53. The lowest BCUT2D eigenvalue weighted by molar-refractivity contribution is -0.114. The zero-order chi connectivity index (χ0) is 19.9. The molecule has 0 spiro atoms. The highest BCUT2D eigenvalue weighted by Crippen LogP contribution is 2.22. The normalized spacial score (nSPS) is 11.0. The van der Waals surface area contributed by atoms with Crippen molar-refractivity contribution in [2.45, 2.75) is 6.92 Å². The van der Waals surface area contributed by atoms with Crippen LogP contribution in [0.25, 0.3) is 6.08 Å². The van der Waals surface area contributed by atoms with E-state index in [1.54, 1.807) is 36.4 Å². The molecule has 0 saturated heterocycles. The largest absolute Gasteiger partial charge is 0.457 e. The molecule has 0 heterocycles. The maximum absolute atomic E-state index is 12.4. The minimum absolute atomic E-state index is 0.00226. The molecule has 3 aromatic carbocycles. The second kappa shape index (κ2) is 8.68. The highest BCUT2D eigenvalue weighted by molar-refractivity contribution is 6.04. The molecular weight excluding hydrogens is 352 g/mol. The number of para-hydroxylation sites is 1. The second-order valence-corrected chi connectivity index (χ2v) is 6.23. The predicted octanol–water partition coefficient (Wildman–Crippen LogP) is 4.04. The second-order valence-electron chi connectivity index (χ2n) is 6.23. The van der Waals surface area contributed by atoms with Crippen LogP contribution in [0, 0.1) is 6.92 Å². The van der Waals surface area contributed by atoms with Crippen molar-refractivity contribution < 1.29 is 14.3 Å². The molecule has 0 atom stereocenters. The number of ether oxygens (including phenoxy) is 1. The summed E-state index contributed by atoms with van der Waals surface area (Å²) < 4.78 is 5.79. The van der Waals surface area contributed by atoms with Crippen LogP contribution in [0.4, 0.5) is 0 Å². The van der Waals surface area contributed by atoms with Gasteiger partial charge in [0.1, 0.15) is 17.2 Å². The van der Waals surface area contributed by atoms with Crippen molar-refractivity contribution in [3.63, 3.8) is 0 Å². The van der Waals surface area contributed by atoms with E-state index in [4.69, 9.17) is 10.5 Å². The number of rotatable bonds is 6. The number of nitrogens with two attached hydrogens (primary N) is 1. The molecule has 5 heteroatoms. The minimum atomic E-state index is -0.727. The van der Waals surface area contributed by atoms with E-state index in [1.165, 1.54) is 6.08 Å². The molecule has 3 aromatic rings. The van der Waals surface area contributed by atoms with Gasteiger partial charge in [0, 0.05) is 5.56 Å². The zero-order valence-corrected chi connectivity index (χ0v) is 15.4. The molecule has 0 radical (unpaired) electrons. The molecule has 0 bridgehead atoms. The number of amides is 2. The van der Waals surface area contributed by atoms with Gasteiger partial charge in [0.05, 0.1) is 0 Å². The van der Waals surface area contributed by atoms with E-state index in [9.17, 15) is 9.59 Å². The van der Waals surface area contributed by atoms with Crippen molar-refractivity contribution >= 4 is 17.9 Å². The first-order valence-electron chi connectivity index (χ1n) is 8.74. The monoisotopic (exact) mass is 372 g/mol. The smallest absolute Gasteiger partial charge is 0.265 e. The highest BCUT2D eigenvalue weighted by Gasteiger charge is 2.12. The van der Waals surface area contributed by atoms with Crippen LogP contribution in [0.5, 0.6) is 11.5 Å². The maximum atomic E-state index is 12.4. The summed E-state index contributed by atoms with van der Waals surface area (Å²) >= 11 is 0. The van der Waals surface area contributed by atoms with E-state index in [1.807, 2.05) is 49.4 Å². The van der Waals surface area contributed by atoms with Crippen molar-refractivity contribution in [3.05, 3.63) is 101 Å². The average Bonchev–Trinajstić information content (AvgIpc) is 2.69. The van der Waals surface area contributed by atoms with Crippen LogP contribution in [0.3, 0.4) is 0 Å². The number of nitrogens with one attached hydrogen (secondary N) is 1. The van der Waals surface area contributed by atoms with E-state index in [0.29, 0.717) is 22.6 Å². The van der Waals surface area contributed by atoms with Gasteiger partial charge >= 0.3 is 0 Å². The summed E-state index contributed by atoms with van der Waals surface area (Å²) in [7, 11) is 0. The van der Waals surface area contributed by atoms with E-state index in [-0.39, 0.29) is 5.70 Å². The summed E-state index contributed by atoms with van der Waals surface area (Å²) in [6.07, 6.45) is 1.52. The van der Waals surface area contributed by atoms with E-state index >= 15 is 0 Å². The Morgan fingerprint density at radius 3 is 2.25 bits per heavy atom. The van der Waals surface area contributed by atoms with Crippen molar-refractivity contribution in [1.29, 1.82) is 0 Å². The fraction of sp³-hybridized carbons (Fsp3) is 0.0435. The minimum Gasteiger partial charge on any atom is -0.457 e. The number of aryl methyl sites for hydroxylation is 1. The van der Waals surface area contributed by atoms with Crippen molar-refractivity contribution in [2.24, 2.45) is 5.73 Å². The van der Waals surface area contributed by atoms with E-state index in [0.717, 1.165) is 5.56 Å². The number of primary amides is 1. The third kappa shape index (κ3) is 5.08. The van der Waals surface area contributed by atoms with Crippen molar-refractivity contribution in [2.75, 3.05) is 0 Å². The number of hydrogen-bond acceptors (Lipinski definition) is 3. The van der Waals surface area contributed by atoms with Gasteiger partial charge in [-0.15, -0.1) is 0 Å². The molecule has 0 fully saturated rings. The number of benzene rings is 3. The quantitative estimate of drug-likeness (QED) is 0.641. The van der Waals surface area contributed by atoms with Crippen LogP contribution < -0.4 is 15.8 Å². The van der Waals surface area contributed by atoms with Crippen LogP contribution >= 0.6 is 0 Å². The molecule has 5 nitrogen and oxygen atoms in total. The Morgan fingerprint density at radius 1 is 0.893 bits per heavy atom. The summed E-state index contributed by atoms with van der Waals surface area (Å²) in [6.45, 7) is 1.93. The Balaban J connectivity index is 1.80. The third-order valence-electron chi connectivity index (χ3n) is 3.98. The molecule has 0 unspecified atom stereocenters. The lowest BCUT2D eigenvalue weighted by atomic mass is 10.1. The molecule has 3 rings (SSSR count). The first-order chi connectivity index (χ1) is 13.5. The van der Waals surface area contributed by atoms with Gasteiger partial charge in [0.25, 0.3) is 11.8 Å². The van der Waals surface area contributed by atoms with Gasteiger partial charge < -0.3 is 15.8 Å². The van der Waals surface area contributed by atoms with Gasteiger partial charge in [-0.2, -0.15) is 0 Å². The van der Waals surface area contributed by atoms with Gasteiger partial charge in [-0.05, 0) is 55.0 Å². The van der Waals surface area contributed by atoms with Crippen molar-refractivity contribution in [3.8, 4) is 11.5 Å². The summed E-state index contributed by atoms with van der Waals surface area (Å²) in [4.78, 5) is 24.2. The van der Waals surface area contributed by atoms with Crippen LogP contribution in [-0.4, -0.2) is 11.8 Å². The molecule has 0 aliphatic heterocycles. The summed E-state index contributed by atoms with van der Waals surface area (Å²) in [5, 5.41) is 2.58. The Hall–Kier alpha value is -3.86. The Labute approximate surface area is 163 Å². The molecule has 0 aromatic heterocycles. The van der Waals surface area contributed by atoms with E-state index in [2.05, 4.69) is 5.32 Å². The van der Waals surface area contributed by atoms with Crippen LogP contribution in [0.1, 0.15) is 21.5 Å². The Bertz CT molecular complexity index is 1010. The molecule has 0 aliphatic carbocycles. The summed E-state index contributed by atoms with van der Waals surface area (Å²) in [5.41, 5.74) is 7.60. The summed E-state index contributed by atoms with van der Waals surface area (Å²) in [6, 6.07) is 23.5. The molecular formula is C23H20N2O3. The van der Waals surface area contributed by atoms with E-state index < -0.39 is 11.8 Å². The lowest BCUT2D eigenvalue weighted by Crippen LogP contribution is -2.31. The molecule has 0 saturated carbocycles. The van der Waals surface area contributed by atoms with Gasteiger partial charge in [-0.1, -0.05) is 48.0 Å². The van der Waals surface area contributed by atoms with Gasteiger partial charge in [0.15, 0.2) is 0 Å². The number of hydrogen-bond donors (Lipinski definition) is 2. The molecule has 2 amide bonds. The number of carbonyl (C=O) groups excluding carboxylic acids is 2. The first-order valence-corrected chi connectivity index (χ1v) is 8.74. The molecule has 28 heavy (non-hydrogen) atoms. The Kier molecular flexibility index (Phi) is 5.87. The SMILES string of the molecule is Cc1ccc(C(=O)N/C(=C/c2cccc(Oc3ccccc3)c2)C(N)=O)cc1. The van der Waals surface area contributed by atoms with Crippen molar-refractivity contribution in [1.82, 2.24) is 5.32 Å². The van der Waals surface area contributed by atoms with Gasteiger partial charge in [-0.3, -0.25) is 9.59 Å². The highest BCUT2D eigenvalue weighted by atomic mass is 16.5. The number of carbonyl (C=O) groups is 2. The molecule has 140 valence electrons. The molecule has 0 aliphatic rings. The standard InChI is InChI=1S/C23H20N2O3/c1-16-10-12-18(13-11-16)23(27)25-21(22(24)26)15-17-6-5-9-20(14-17)28-19-7-3-2-4-8-19/h2-15H,1H3,(H2,24,26)(H,25,27)/b21-15+. The van der Waals surface area contributed by atoms with Crippen LogP contribution in [-0.2, 0) is 4.79 Å². The topological polar surface area (TPSA) is 81.4 Å². The van der Waals surface area contributed by atoms with Gasteiger partial charge in [0.2, 0.25) is 0 Å². The van der Waals surface area contributed by atoms with Crippen LogP contribution in [0.2, 0.25) is 0 Å². The Morgan fingerprint density at radius 2 is 1.57 bits per heavy atom. The lowest BCUT2D eigenvalue weighted by Gasteiger charge is -2.09. The first kappa shape index (κ1) is 18.9. The zero-order valence-electron chi connectivity index (χ0n) is 15.4. The maximum Gasteiger partial charge on any atom is 0.265 e. The fourth-order valence-corrected chi connectivity index (χ4v) is 2.53. The predicted molar refractivity (Wildman–Crippen MR) is 109 cm³/mol. The average molecular weight is 372 g/mol.